The van der Waals surface area contributed by atoms with Gasteiger partial charge in [0.05, 0.1) is 22.4 Å². The Bertz CT molecular complexity index is 1040. The van der Waals surface area contributed by atoms with Crippen molar-refractivity contribution < 1.29 is 0 Å². The van der Waals surface area contributed by atoms with Crippen LogP contribution in [0.25, 0.3) is 16.7 Å². The summed E-state index contributed by atoms with van der Waals surface area (Å²) in [6.07, 6.45) is 1.84. The predicted octanol–water partition coefficient (Wildman–Crippen LogP) is 5.51. The summed E-state index contributed by atoms with van der Waals surface area (Å²) in [5.74, 6) is 0. The zero-order valence-electron chi connectivity index (χ0n) is 14.7. The summed E-state index contributed by atoms with van der Waals surface area (Å²) in [6, 6.07) is 24.0. The highest BCUT2D eigenvalue weighted by molar-refractivity contribution is 5.77. The summed E-state index contributed by atoms with van der Waals surface area (Å²) in [5, 5.41) is 8.63. The molecule has 3 aromatic carbocycles. The maximum atomic E-state index is 4.43. The molecule has 0 bridgehead atoms. The molecular formula is C21H19N5. The fraction of sp³-hybridized carbons (Fsp3) is 0.0952. The van der Waals surface area contributed by atoms with Crippen LogP contribution in [0.4, 0.5) is 17.1 Å². The molecule has 1 heterocycles. The van der Waals surface area contributed by atoms with Crippen LogP contribution >= 0.6 is 0 Å². The molecule has 5 heteroatoms. The first-order chi connectivity index (χ1) is 12.7. The van der Waals surface area contributed by atoms with Gasteiger partial charge in [0.15, 0.2) is 0 Å². The third-order valence-corrected chi connectivity index (χ3v) is 4.23. The van der Waals surface area contributed by atoms with Crippen molar-refractivity contribution in [3.63, 3.8) is 0 Å². The van der Waals surface area contributed by atoms with E-state index in [0.29, 0.717) is 0 Å². The SMILES string of the molecule is CN(C)c1ccc(N=Nc2ccc(-n3cnc4ccccc43)cc2)cc1. The third-order valence-electron chi connectivity index (χ3n) is 4.23. The van der Waals surface area contributed by atoms with Crippen molar-refractivity contribution in [1.82, 2.24) is 9.55 Å². The van der Waals surface area contributed by atoms with E-state index in [-0.39, 0.29) is 0 Å². The van der Waals surface area contributed by atoms with E-state index in [1.165, 1.54) is 0 Å². The zero-order valence-corrected chi connectivity index (χ0v) is 14.7. The van der Waals surface area contributed by atoms with Gasteiger partial charge in [-0.1, -0.05) is 12.1 Å². The monoisotopic (exact) mass is 341 g/mol. The molecule has 0 aliphatic carbocycles. The second-order valence-corrected chi connectivity index (χ2v) is 6.23. The molecule has 26 heavy (non-hydrogen) atoms. The Kier molecular flexibility index (Phi) is 4.19. The maximum absolute atomic E-state index is 4.43. The van der Waals surface area contributed by atoms with E-state index < -0.39 is 0 Å². The molecule has 4 rings (SSSR count). The van der Waals surface area contributed by atoms with Crippen LogP contribution in [0.5, 0.6) is 0 Å². The Hall–Kier alpha value is -3.47. The highest BCUT2D eigenvalue weighted by Gasteiger charge is 2.03. The fourth-order valence-corrected chi connectivity index (χ4v) is 2.78. The van der Waals surface area contributed by atoms with Crippen molar-refractivity contribution in [2.24, 2.45) is 10.2 Å². The standard InChI is InChI=1S/C21H19N5/c1-25(2)18-11-7-16(8-12-18)23-24-17-9-13-19(14-10-17)26-15-22-20-5-3-4-6-21(20)26/h3-15H,1-2H3. The highest BCUT2D eigenvalue weighted by atomic mass is 15.1. The van der Waals surface area contributed by atoms with E-state index in [2.05, 4.69) is 30.7 Å². The average molecular weight is 341 g/mol. The Morgan fingerprint density at radius 1 is 0.769 bits per heavy atom. The Balaban J connectivity index is 1.54. The van der Waals surface area contributed by atoms with Gasteiger partial charge in [-0.2, -0.15) is 10.2 Å². The van der Waals surface area contributed by atoms with Gasteiger partial charge in [-0.05, 0) is 60.7 Å². The minimum Gasteiger partial charge on any atom is -0.378 e. The highest BCUT2D eigenvalue weighted by Crippen LogP contribution is 2.23. The first-order valence-electron chi connectivity index (χ1n) is 8.42. The van der Waals surface area contributed by atoms with Crippen LogP contribution in [-0.2, 0) is 0 Å². The quantitative estimate of drug-likeness (QED) is 0.460. The van der Waals surface area contributed by atoms with Gasteiger partial charge >= 0.3 is 0 Å². The second-order valence-electron chi connectivity index (χ2n) is 6.23. The topological polar surface area (TPSA) is 45.8 Å². The number of benzene rings is 3. The number of azo groups is 1. The Morgan fingerprint density at radius 2 is 1.38 bits per heavy atom. The molecule has 0 saturated heterocycles. The molecule has 0 N–H and O–H groups in total. The lowest BCUT2D eigenvalue weighted by Crippen LogP contribution is -2.07. The van der Waals surface area contributed by atoms with Crippen molar-refractivity contribution in [1.29, 1.82) is 0 Å². The van der Waals surface area contributed by atoms with Crippen molar-refractivity contribution in [3.05, 3.63) is 79.1 Å². The van der Waals surface area contributed by atoms with Crippen molar-refractivity contribution in [2.75, 3.05) is 19.0 Å². The summed E-state index contributed by atoms with van der Waals surface area (Å²) in [5.41, 5.74) is 5.91. The molecule has 0 radical (unpaired) electrons. The lowest BCUT2D eigenvalue weighted by molar-refractivity contribution is 1.09. The molecule has 5 nitrogen and oxygen atoms in total. The molecule has 4 aromatic rings. The minimum atomic E-state index is 0.815. The molecule has 1 aromatic heterocycles. The van der Waals surface area contributed by atoms with Gasteiger partial charge in [0.2, 0.25) is 0 Å². The number of para-hydroxylation sites is 2. The number of imidazole rings is 1. The molecule has 0 atom stereocenters. The Labute approximate surface area is 152 Å². The summed E-state index contributed by atoms with van der Waals surface area (Å²) in [4.78, 5) is 6.49. The van der Waals surface area contributed by atoms with E-state index in [9.17, 15) is 0 Å². The van der Waals surface area contributed by atoms with Gasteiger partial charge in [0, 0.05) is 25.5 Å². The molecule has 0 aliphatic heterocycles. The molecule has 128 valence electrons. The normalized spacial score (nSPS) is 11.3. The largest absolute Gasteiger partial charge is 0.378 e. The molecule has 0 unspecified atom stereocenters. The van der Waals surface area contributed by atoms with Crippen LogP contribution in [0.3, 0.4) is 0 Å². The third kappa shape index (κ3) is 3.19. The number of nitrogens with zero attached hydrogens (tertiary/aromatic N) is 5. The van der Waals surface area contributed by atoms with Crippen LogP contribution < -0.4 is 4.90 Å². The average Bonchev–Trinajstić information content (AvgIpc) is 3.11. The zero-order chi connectivity index (χ0) is 17.9. The molecule has 0 aliphatic rings. The van der Waals surface area contributed by atoms with Crippen molar-refractivity contribution in [3.8, 4) is 5.69 Å². The van der Waals surface area contributed by atoms with E-state index in [4.69, 9.17) is 0 Å². The summed E-state index contributed by atoms with van der Waals surface area (Å²) in [6.45, 7) is 0. The van der Waals surface area contributed by atoms with Crippen LogP contribution in [0, 0.1) is 0 Å². The summed E-state index contributed by atoms with van der Waals surface area (Å²) < 4.78 is 2.07. The van der Waals surface area contributed by atoms with Gasteiger partial charge in [0.1, 0.15) is 6.33 Å². The van der Waals surface area contributed by atoms with Gasteiger partial charge < -0.3 is 4.90 Å². The van der Waals surface area contributed by atoms with Gasteiger partial charge in [-0.25, -0.2) is 4.98 Å². The molecule has 0 amide bonds. The number of anilines is 1. The van der Waals surface area contributed by atoms with Gasteiger partial charge in [-0.15, -0.1) is 0 Å². The minimum absolute atomic E-state index is 0.815. The van der Waals surface area contributed by atoms with Crippen LogP contribution in [0.2, 0.25) is 0 Å². The summed E-state index contributed by atoms with van der Waals surface area (Å²) >= 11 is 0. The first-order valence-corrected chi connectivity index (χ1v) is 8.42. The number of rotatable bonds is 4. The van der Waals surface area contributed by atoms with E-state index in [1.807, 2.05) is 87.2 Å². The lowest BCUT2D eigenvalue weighted by atomic mass is 10.2. The predicted molar refractivity (Wildman–Crippen MR) is 106 cm³/mol. The number of hydrogen-bond acceptors (Lipinski definition) is 4. The second kappa shape index (κ2) is 6.80. The van der Waals surface area contributed by atoms with Crippen LogP contribution in [0.15, 0.2) is 89.4 Å². The van der Waals surface area contributed by atoms with Gasteiger partial charge in [-0.3, -0.25) is 4.57 Å². The molecule has 0 spiro atoms. The number of aromatic nitrogens is 2. The van der Waals surface area contributed by atoms with Crippen LogP contribution in [-0.4, -0.2) is 23.6 Å². The molecule has 0 saturated carbocycles. The van der Waals surface area contributed by atoms with E-state index in [1.54, 1.807) is 0 Å². The lowest BCUT2D eigenvalue weighted by Gasteiger charge is -2.11. The van der Waals surface area contributed by atoms with Crippen molar-refractivity contribution in [2.45, 2.75) is 0 Å². The molecule has 0 fully saturated rings. The summed E-state index contributed by atoms with van der Waals surface area (Å²) in [7, 11) is 4.03. The van der Waals surface area contributed by atoms with Crippen LogP contribution in [0.1, 0.15) is 0 Å². The van der Waals surface area contributed by atoms with E-state index >= 15 is 0 Å². The number of fused-ring (bicyclic) bond motifs is 1. The van der Waals surface area contributed by atoms with Gasteiger partial charge in [0.25, 0.3) is 0 Å². The van der Waals surface area contributed by atoms with Crippen molar-refractivity contribution >= 4 is 28.1 Å². The first kappa shape index (κ1) is 16.0. The maximum Gasteiger partial charge on any atom is 0.100 e. The number of hydrogen-bond donors (Lipinski definition) is 0. The Morgan fingerprint density at radius 3 is 2.04 bits per heavy atom. The molecular weight excluding hydrogens is 322 g/mol. The van der Waals surface area contributed by atoms with E-state index in [0.717, 1.165) is 33.8 Å². The smallest absolute Gasteiger partial charge is 0.100 e. The fourth-order valence-electron chi connectivity index (χ4n) is 2.78.